The Kier molecular flexibility index (Phi) is 7.83. The van der Waals surface area contributed by atoms with Gasteiger partial charge >= 0.3 is 22.5 Å². The van der Waals surface area contributed by atoms with Gasteiger partial charge in [0.2, 0.25) is 4.90 Å². The summed E-state index contributed by atoms with van der Waals surface area (Å²) in [6.45, 7) is -0.733. The van der Waals surface area contributed by atoms with Crippen molar-refractivity contribution in [1.82, 2.24) is 4.31 Å². The van der Waals surface area contributed by atoms with Crippen LogP contribution in [0.4, 0.5) is 13.2 Å². The summed E-state index contributed by atoms with van der Waals surface area (Å²) in [5.41, 5.74) is -0.0123. The van der Waals surface area contributed by atoms with E-state index in [9.17, 15) is 26.7 Å². The molecule has 0 aliphatic rings. The quantitative estimate of drug-likeness (QED) is 0.383. The first-order chi connectivity index (χ1) is 16.4. The van der Waals surface area contributed by atoms with Crippen molar-refractivity contribution in [3.8, 4) is 22.6 Å². The van der Waals surface area contributed by atoms with Crippen molar-refractivity contribution in [3.63, 3.8) is 0 Å². The molecule has 0 amide bonds. The fraction of sp³-hybridized carbons (Fsp3) is 0.208. The number of carbonyl (C=O) groups is 1. The highest BCUT2D eigenvalue weighted by Gasteiger charge is 2.36. The monoisotopic (exact) mass is 510 g/mol. The molecule has 0 bridgehead atoms. The van der Waals surface area contributed by atoms with Gasteiger partial charge in [0.05, 0.1) is 19.2 Å². The van der Waals surface area contributed by atoms with Gasteiger partial charge in [-0.3, -0.25) is 0 Å². The maximum absolute atomic E-state index is 13.3. The van der Waals surface area contributed by atoms with Crippen LogP contribution in [0.2, 0.25) is 0 Å². The van der Waals surface area contributed by atoms with Gasteiger partial charge in [0.1, 0.15) is 11.5 Å². The smallest absolute Gasteiger partial charge is 0.416 e. The van der Waals surface area contributed by atoms with Gasteiger partial charge in [-0.1, -0.05) is 28.6 Å². The average Bonchev–Trinajstić information content (AvgIpc) is 2.82. The fourth-order valence-electron chi connectivity index (χ4n) is 3.32. The van der Waals surface area contributed by atoms with E-state index >= 15 is 0 Å². The number of hydrogen-bond acceptors (Lipinski definition) is 4. The normalized spacial score (nSPS) is 13.3. The Morgan fingerprint density at radius 3 is 2.43 bits per heavy atom. The number of benzene rings is 3. The minimum Gasteiger partial charge on any atom is -0.497 e. The zero-order valence-corrected chi connectivity index (χ0v) is 19.6. The van der Waals surface area contributed by atoms with Gasteiger partial charge in [0.15, 0.2) is 6.61 Å². The molecular formula is C24H23F3NO6S+. The number of aliphatic carboxylic acids is 1. The molecule has 1 unspecified atom stereocenters. The molecular weight excluding hydrogens is 487 g/mol. The van der Waals surface area contributed by atoms with Crippen LogP contribution < -0.4 is 9.47 Å². The fourth-order valence-corrected chi connectivity index (χ4v) is 4.53. The summed E-state index contributed by atoms with van der Waals surface area (Å²) in [5, 5.41) is 8.95. The first-order valence-electron chi connectivity index (χ1n) is 10.2. The molecule has 11 heteroatoms. The molecule has 0 spiro atoms. The van der Waals surface area contributed by atoms with E-state index in [0.29, 0.717) is 11.3 Å². The summed E-state index contributed by atoms with van der Waals surface area (Å²) in [4.78, 5) is 11.1. The highest BCUT2D eigenvalue weighted by molar-refractivity contribution is 7.95. The molecule has 0 saturated heterocycles. The Morgan fingerprint density at radius 2 is 1.77 bits per heavy atom. The number of methoxy groups -OCH3 is 1. The zero-order chi connectivity index (χ0) is 25.8. The van der Waals surface area contributed by atoms with E-state index < -0.39 is 34.7 Å². The zero-order valence-electron chi connectivity index (χ0n) is 18.8. The second kappa shape index (κ2) is 10.5. The molecule has 0 saturated carbocycles. The van der Waals surface area contributed by atoms with Crippen LogP contribution in [0.15, 0.2) is 71.6 Å². The SMILES string of the molecule is COc1cccc([S+](=O)(O)N(C)Cc2ccc(OCC(=O)O)c(-c3cccc(C(F)(F)F)c3)c2)c1. The first-order valence-corrected chi connectivity index (χ1v) is 11.7. The average molecular weight is 511 g/mol. The summed E-state index contributed by atoms with van der Waals surface area (Å²) < 4.78 is 75.2. The molecule has 35 heavy (non-hydrogen) atoms. The lowest BCUT2D eigenvalue weighted by Crippen LogP contribution is -2.32. The molecule has 186 valence electrons. The van der Waals surface area contributed by atoms with E-state index in [-0.39, 0.29) is 28.3 Å². The van der Waals surface area contributed by atoms with Gasteiger partial charge in [0, 0.05) is 18.7 Å². The van der Waals surface area contributed by atoms with Crippen LogP contribution in [-0.2, 0) is 32.1 Å². The third-order valence-corrected chi connectivity index (χ3v) is 6.91. The largest absolute Gasteiger partial charge is 0.497 e. The second-order valence-corrected chi connectivity index (χ2v) is 9.64. The van der Waals surface area contributed by atoms with Crippen LogP contribution in [0.3, 0.4) is 0 Å². The van der Waals surface area contributed by atoms with Gasteiger partial charge in [-0.05, 0) is 51.7 Å². The van der Waals surface area contributed by atoms with E-state index in [1.54, 1.807) is 18.2 Å². The van der Waals surface area contributed by atoms with Crippen molar-refractivity contribution < 1.29 is 41.3 Å². The Balaban J connectivity index is 1.98. The van der Waals surface area contributed by atoms with E-state index in [4.69, 9.17) is 14.6 Å². The maximum Gasteiger partial charge on any atom is 0.416 e. The number of nitrogens with zero attached hydrogens (tertiary/aromatic N) is 1. The molecule has 0 aliphatic heterocycles. The van der Waals surface area contributed by atoms with E-state index in [1.807, 2.05) is 0 Å². The lowest BCUT2D eigenvalue weighted by atomic mass is 9.99. The summed E-state index contributed by atoms with van der Waals surface area (Å²) in [6, 6.07) is 15.2. The molecule has 3 rings (SSSR count). The highest BCUT2D eigenvalue weighted by atomic mass is 32.3. The van der Waals surface area contributed by atoms with E-state index in [1.165, 1.54) is 54.9 Å². The van der Waals surface area contributed by atoms with Gasteiger partial charge in [-0.15, -0.1) is 0 Å². The molecule has 0 fully saturated rings. The number of rotatable bonds is 9. The molecule has 0 aliphatic carbocycles. The van der Waals surface area contributed by atoms with E-state index in [0.717, 1.165) is 12.1 Å². The van der Waals surface area contributed by atoms with Crippen LogP contribution in [0.1, 0.15) is 11.1 Å². The van der Waals surface area contributed by atoms with Gasteiger partial charge in [-0.25, -0.2) is 4.79 Å². The van der Waals surface area contributed by atoms with Crippen LogP contribution in [0, 0.1) is 0 Å². The predicted octanol–water partition coefficient (Wildman–Crippen LogP) is 5.22. The lowest BCUT2D eigenvalue weighted by Gasteiger charge is -2.18. The maximum atomic E-state index is 13.3. The molecule has 0 aromatic heterocycles. The summed E-state index contributed by atoms with van der Waals surface area (Å²) >= 11 is 0. The molecule has 0 radical (unpaired) electrons. The first kappa shape index (κ1) is 26.2. The van der Waals surface area contributed by atoms with Gasteiger partial charge in [-0.2, -0.15) is 17.7 Å². The third-order valence-electron chi connectivity index (χ3n) is 5.07. The number of alkyl halides is 3. The Bertz CT molecular complexity index is 1260. The number of ether oxygens (including phenoxy) is 2. The van der Waals surface area contributed by atoms with Crippen molar-refractivity contribution in [2.45, 2.75) is 17.6 Å². The topological polar surface area (TPSA) is 96.3 Å². The van der Waals surface area contributed by atoms with Crippen molar-refractivity contribution in [3.05, 3.63) is 77.9 Å². The highest BCUT2D eigenvalue weighted by Crippen LogP contribution is 2.36. The van der Waals surface area contributed by atoms with Crippen molar-refractivity contribution in [1.29, 1.82) is 0 Å². The standard InChI is InChI=1S/C24H22F3NO6S/c1-28(35(31,32)20-8-4-7-19(13-20)33-2)14-16-9-10-22(34-15-23(29)30)21(11-16)17-5-3-6-18(12-17)24(25,26)27/h3-13H,14-15H2,1-2H3,(H-,29,30,31,32)/p+1. The van der Waals surface area contributed by atoms with Crippen LogP contribution in [0.25, 0.3) is 11.1 Å². The molecule has 2 N–H and O–H groups in total. The third kappa shape index (κ3) is 6.38. The van der Waals surface area contributed by atoms with Crippen LogP contribution in [-0.4, -0.2) is 40.7 Å². The van der Waals surface area contributed by atoms with E-state index in [2.05, 4.69) is 0 Å². The Labute approximate surface area is 201 Å². The van der Waals surface area contributed by atoms with Crippen LogP contribution >= 0.6 is 0 Å². The molecule has 1 atom stereocenters. The summed E-state index contributed by atoms with van der Waals surface area (Å²) in [6.07, 6.45) is -4.57. The number of hydrogen-bond donors (Lipinski definition) is 2. The second-order valence-electron chi connectivity index (χ2n) is 7.55. The number of carboxylic acid groups (broad SMARTS) is 1. The molecule has 3 aromatic carbocycles. The lowest BCUT2D eigenvalue weighted by molar-refractivity contribution is -0.139. The van der Waals surface area contributed by atoms with Gasteiger partial charge < -0.3 is 14.6 Å². The number of carboxylic acids is 1. The summed E-state index contributed by atoms with van der Waals surface area (Å²) in [7, 11) is -0.792. The predicted molar refractivity (Wildman–Crippen MR) is 123 cm³/mol. The summed E-state index contributed by atoms with van der Waals surface area (Å²) in [5.74, 6) is -0.776. The van der Waals surface area contributed by atoms with Crippen molar-refractivity contribution in [2.24, 2.45) is 0 Å². The number of halogens is 3. The van der Waals surface area contributed by atoms with Crippen LogP contribution in [0.5, 0.6) is 11.5 Å². The van der Waals surface area contributed by atoms with Crippen molar-refractivity contribution >= 4 is 16.4 Å². The minimum atomic E-state index is -4.57. The Morgan fingerprint density at radius 1 is 1.06 bits per heavy atom. The van der Waals surface area contributed by atoms with Crippen molar-refractivity contribution in [2.75, 3.05) is 20.8 Å². The minimum absolute atomic E-state index is 0.0439. The Hall–Kier alpha value is -3.41. The molecule has 7 nitrogen and oxygen atoms in total. The van der Waals surface area contributed by atoms with Gasteiger partial charge in [0.25, 0.3) is 0 Å². The molecule has 3 aromatic rings. The molecule has 0 heterocycles.